The van der Waals surface area contributed by atoms with Crippen LogP contribution in [0.4, 0.5) is 4.39 Å². The van der Waals surface area contributed by atoms with Crippen LogP contribution in [0.3, 0.4) is 0 Å². The number of hydrogen-bond donors (Lipinski definition) is 1. The number of benzene rings is 1. The van der Waals surface area contributed by atoms with Crippen molar-refractivity contribution in [1.29, 1.82) is 0 Å². The highest BCUT2D eigenvalue weighted by Crippen LogP contribution is 2.29. The van der Waals surface area contributed by atoms with Crippen molar-refractivity contribution in [3.63, 3.8) is 0 Å². The molecule has 0 amide bonds. The Morgan fingerprint density at radius 2 is 2.00 bits per heavy atom. The van der Waals surface area contributed by atoms with Crippen molar-refractivity contribution in [2.75, 3.05) is 7.05 Å². The zero-order valence-corrected chi connectivity index (χ0v) is 13.7. The summed E-state index contributed by atoms with van der Waals surface area (Å²) in [5.74, 6) is -0.197. The molecule has 2 rings (SSSR count). The van der Waals surface area contributed by atoms with E-state index in [2.05, 4.69) is 41.2 Å². The van der Waals surface area contributed by atoms with Gasteiger partial charge >= 0.3 is 0 Å². The molecule has 102 valence electrons. The Hall–Kier alpha value is -0.710. The van der Waals surface area contributed by atoms with Crippen LogP contribution in [-0.2, 0) is 6.42 Å². The fourth-order valence-corrected chi connectivity index (χ4v) is 3.75. The van der Waals surface area contributed by atoms with Gasteiger partial charge in [0.05, 0.1) is 0 Å². The third kappa shape index (κ3) is 3.65. The van der Waals surface area contributed by atoms with E-state index in [0.29, 0.717) is 0 Å². The summed E-state index contributed by atoms with van der Waals surface area (Å²) < 4.78 is 14.2. The Labute approximate surface area is 126 Å². The molecule has 1 unspecified atom stereocenters. The van der Waals surface area contributed by atoms with Crippen LogP contribution in [0.15, 0.2) is 28.7 Å². The van der Waals surface area contributed by atoms with Crippen molar-refractivity contribution < 1.29 is 4.39 Å². The van der Waals surface area contributed by atoms with Gasteiger partial charge in [-0.3, -0.25) is 0 Å². The molecule has 2 aromatic rings. The zero-order chi connectivity index (χ0) is 14.0. The molecule has 0 aliphatic carbocycles. The number of hydrogen-bond acceptors (Lipinski definition) is 2. The third-order valence-electron chi connectivity index (χ3n) is 3.24. The van der Waals surface area contributed by atoms with Crippen LogP contribution in [0.1, 0.15) is 26.9 Å². The molecule has 0 fully saturated rings. The number of thiophene rings is 1. The lowest BCUT2D eigenvalue weighted by Gasteiger charge is -2.15. The molecule has 1 heterocycles. The Kier molecular flexibility index (Phi) is 4.76. The van der Waals surface area contributed by atoms with E-state index in [4.69, 9.17) is 0 Å². The summed E-state index contributed by atoms with van der Waals surface area (Å²) in [4.78, 5) is 2.65. The first-order chi connectivity index (χ1) is 8.99. The molecule has 0 saturated carbocycles. The van der Waals surface area contributed by atoms with Crippen LogP contribution in [0, 0.1) is 19.7 Å². The van der Waals surface area contributed by atoms with Gasteiger partial charge in [-0.25, -0.2) is 4.39 Å². The molecule has 0 spiro atoms. The Balaban J connectivity index is 2.23. The molecule has 1 aromatic heterocycles. The standard InChI is InChI=1S/C15H17BrFNS/c1-9-4-15(19-10(9)2)14(18-3)7-11-5-12(16)8-13(17)6-11/h4-6,8,14,18H,7H2,1-3H3. The van der Waals surface area contributed by atoms with Crippen molar-refractivity contribution in [3.05, 3.63) is 55.4 Å². The fourth-order valence-electron chi connectivity index (χ4n) is 2.08. The van der Waals surface area contributed by atoms with E-state index in [1.165, 1.54) is 21.4 Å². The van der Waals surface area contributed by atoms with Crippen molar-refractivity contribution in [3.8, 4) is 0 Å². The number of nitrogens with one attached hydrogen (secondary N) is 1. The molecular weight excluding hydrogens is 325 g/mol. The molecular formula is C15H17BrFNS. The molecule has 1 aromatic carbocycles. The maximum atomic E-state index is 13.4. The molecule has 19 heavy (non-hydrogen) atoms. The highest BCUT2D eigenvalue weighted by molar-refractivity contribution is 9.10. The first-order valence-electron chi connectivity index (χ1n) is 6.18. The molecule has 0 bridgehead atoms. The minimum atomic E-state index is -0.197. The summed E-state index contributed by atoms with van der Waals surface area (Å²) >= 11 is 5.15. The summed E-state index contributed by atoms with van der Waals surface area (Å²) in [5.41, 5.74) is 2.32. The maximum Gasteiger partial charge on any atom is 0.124 e. The minimum absolute atomic E-state index is 0.197. The first-order valence-corrected chi connectivity index (χ1v) is 7.79. The summed E-state index contributed by atoms with van der Waals surface area (Å²) in [6.07, 6.45) is 0.784. The van der Waals surface area contributed by atoms with Gasteiger partial charge in [0.25, 0.3) is 0 Å². The maximum absolute atomic E-state index is 13.4. The van der Waals surface area contributed by atoms with Crippen molar-refractivity contribution >= 4 is 27.3 Å². The number of halogens is 2. The van der Waals surface area contributed by atoms with E-state index >= 15 is 0 Å². The van der Waals surface area contributed by atoms with Gasteiger partial charge in [-0.05, 0) is 62.7 Å². The van der Waals surface area contributed by atoms with E-state index in [9.17, 15) is 4.39 Å². The molecule has 1 atom stereocenters. The van der Waals surface area contributed by atoms with Crippen molar-refractivity contribution in [2.24, 2.45) is 0 Å². The van der Waals surface area contributed by atoms with Crippen molar-refractivity contribution in [2.45, 2.75) is 26.3 Å². The second-order valence-corrected chi connectivity index (χ2v) is 6.91. The summed E-state index contributed by atoms with van der Waals surface area (Å²) in [7, 11) is 1.95. The summed E-state index contributed by atoms with van der Waals surface area (Å²) in [6, 6.07) is 7.50. The lowest BCUT2D eigenvalue weighted by atomic mass is 10.0. The SMILES string of the molecule is CNC(Cc1cc(F)cc(Br)c1)c1cc(C)c(C)s1. The molecule has 1 nitrogen and oxygen atoms in total. The van der Waals surface area contributed by atoms with E-state index in [0.717, 1.165) is 16.5 Å². The smallest absolute Gasteiger partial charge is 0.124 e. The predicted octanol–water partition coefficient (Wildman–Crippen LogP) is 4.77. The highest BCUT2D eigenvalue weighted by Gasteiger charge is 2.14. The summed E-state index contributed by atoms with van der Waals surface area (Å²) in [5, 5.41) is 3.32. The Bertz CT molecular complexity index is 540. The van der Waals surface area contributed by atoms with Crippen LogP contribution in [-0.4, -0.2) is 7.05 Å². The second kappa shape index (κ2) is 6.16. The van der Waals surface area contributed by atoms with E-state index in [1.807, 2.05) is 13.1 Å². The van der Waals surface area contributed by atoms with Crippen LogP contribution >= 0.6 is 27.3 Å². The quantitative estimate of drug-likeness (QED) is 0.844. The van der Waals surface area contributed by atoms with Gasteiger partial charge in [0.2, 0.25) is 0 Å². The third-order valence-corrected chi connectivity index (χ3v) is 4.96. The Morgan fingerprint density at radius 1 is 1.26 bits per heavy atom. The van der Waals surface area contributed by atoms with Crippen LogP contribution in [0.5, 0.6) is 0 Å². The minimum Gasteiger partial charge on any atom is -0.312 e. The van der Waals surface area contributed by atoms with Crippen LogP contribution in [0.2, 0.25) is 0 Å². The average molecular weight is 342 g/mol. The monoisotopic (exact) mass is 341 g/mol. The molecule has 0 radical (unpaired) electrons. The molecule has 0 aliphatic heterocycles. The van der Waals surface area contributed by atoms with Gasteiger partial charge in [0.15, 0.2) is 0 Å². The molecule has 0 saturated heterocycles. The van der Waals surface area contributed by atoms with Gasteiger partial charge in [0, 0.05) is 20.3 Å². The topological polar surface area (TPSA) is 12.0 Å². The second-order valence-electron chi connectivity index (χ2n) is 4.71. The fraction of sp³-hybridized carbons (Fsp3) is 0.333. The van der Waals surface area contributed by atoms with Gasteiger partial charge in [-0.15, -0.1) is 11.3 Å². The highest BCUT2D eigenvalue weighted by atomic mass is 79.9. The zero-order valence-electron chi connectivity index (χ0n) is 11.3. The molecule has 4 heteroatoms. The lowest BCUT2D eigenvalue weighted by Crippen LogP contribution is -2.17. The van der Waals surface area contributed by atoms with Crippen LogP contribution < -0.4 is 5.32 Å². The molecule has 0 aliphatic rings. The average Bonchev–Trinajstić information content (AvgIpc) is 2.65. The van der Waals surface area contributed by atoms with Gasteiger partial charge in [-0.2, -0.15) is 0 Å². The predicted molar refractivity (Wildman–Crippen MR) is 83.4 cm³/mol. The number of likely N-dealkylation sites (N-methyl/N-ethyl adjacent to an activating group) is 1. The van der Waals surface area contributed by atoms with Crippen LogP contribution in [0.25, 0.3) is 0 Å². The molecule has 1 N–H and O–H groups in total. The number of aryl methyl sites for hydroxylation is 2. The largest absolute Gasteiger partial charge is 0.312 e. The van der Waals surface area contributed by atoms with Gasteiger partial charge in [-0.1, -0.05) is 15.9 Å². The van der Waals surface area contributed by atoms with Gasteiger partial charge in [0.1, 0.15) is 5.82 Å². The number of rotatable bonds is 4. The first kappa shape index (κ1) is 14.7. The van der Waals surface area contributed by atoms with E-state index < -0.39 is 0 Å². The van der Waals surface area contributed by atoms with Gasteiger partial charge < -0.3 is 5.32 Å². The van der Waals surface area contributed by atoms with E-state index in [-0.39, 0.29) is 11.9 Å². The van der Waals surface area contributed by atoms with E-state index in [1.54, 1.807) is 17.4 Å². The van der Waals surface area contributed by atoms with Crippen molar-refractivity contribution in [1.82, 2.24) is 5.32 Å². The lowest BCUT2D eigenvalue weighted by molar-refractivity contribution is 0.591. The normalized spacial score (nSPS) is 12.7. The summed E-state index contributed by atoms with van der Waals surface area (Å²) in [6.45, 7) is 4.26. The Morgan fingerprint density at radius 3 is 2.53 bits per heavy atom.